The molecule has 5 heteroatoms. The molecule has 2 heterocycles. The second kappa shape index (κ2) is 4.99. The summed E-state index contributed by atoms with van der Waals surface area (Å²) in [4.78, 5) is 8.15. The highest BCUT2D eigenvalue weighted by atomic mass is 35.5. The Bertz CT molecular complexity index is 453. The summed E-state index contributed by atoms with van der Waals surface area (Å²) in [6.07, 6.45) is 5.29. The minimum absolute atomic E-state index is 0.435. The molecular weight excluding hydrogens is 226 g/mol. The topological polar surface area (TPSA) is 39.9 Å². The number of hydrogen-bond donors (Lipinski definition) is 0. The third-order valence-electron chi connectivity index (χ3n) is 2.21. The lowest BCUT2D eigenvalue weighted by molar-refractivity contribution is 0.289. The van der Waals surface area contributed by atoms with E-state index in [1.54, 1.807) is 24.5 Å². The van der Waals surface area contributed by atoms with Gasteiger partial charge in [0, 0.05) is 18.9 Å². The fourth-order valence-electron chi connectivity index (χ4n) is 1.36. The van der Waals surface area contributed by atoms with Gasteiger partial charge in [0.1, 0.15) is 23.3 Å². The van der Waals surface area contributed by atoms with Crippen molar-refractivity contribution in [2.45, 2.75) is 20.1 Å². The van der Waals surface area contributed by atoms with E-state index < -0.39 is 0 Å². The molecule has 0 unspecified atom stereocenters. The summed E-state index contributed by atoms with van der Waals surface area (Å²) in [5.74, 6) is 1.59. The molecule has 4 nitrogen and oxygen atoms in total. The maximum absolute atomic E-state index is 5.68. The molecule has 0 spiro atoms. The first-order chi connectivity index (χ1) is 7.79. The van der Waals surface area contributed by atoms with Gasteiger partial charge in [0.05, 0.1) is 6.20 Å². The van der Waals surface area contributed by atoms with Crippen LogP contribution in [0.4, 0.5) is 0 Å². The Morgan fingerprint density at radius 2 is 2.25 bits per heavy atom. The van der Waals surface area contributed by atoms with Crippen molar-refractivity contribution in [1.29, 1.82) is 0 Å². The van der Waals surface area contributed by atoms with E-state index in [1.165, 1.54) is 0 Å². The second-order valence-corrected chi connectivity index (χ2v) is 3.62. The number of aromatic nitrogens is 3. The van der Waals surface area contributed by atoms with Crippen LogP contribution >= 0.6 is 11.6 Å². The standard InChI is InChI=1S/C11H12ClN3O/c1-2-15-6-5-13-11(15)8-16-9-3-4-10(12)14-7-9/h3-7H,2,8H2,1H3. The van der Waals surface area contributed by atoms with Gasteiger partial charge in [-0.15, -0.1) is 0 Å². The zero-order valence-corrected chi connectivity index (χ0v) is 9.68. The number of imidazole rings is 1. The molecule has 0 saturated heterocycles. The van der Waals surface area contributed by atoms with Crippen molar-refractivity contribution >= 4 is 11.6 Å². The van der Waals surface area contributed by atoms with E-state index in [9.17, 15) is 0 Å². The van der Waals surface area contributed by atoms with Crippen LogP contribution in [0.2, 0.25) is 5.15 Å². The van der Waals surface area contributed by atoms with Crippen LogP contribution < -0.4 is 4.74 Å². The maximum atomic E-state index is 5.68. The molecule has 0 saturated carbocycles. The molecule has 0 N–H and O–H groups in total. The number of aryl methyl sites for hydroxylation is 1. The van der Waals surface area contributed by atoms with Crippen molar-refractivity contribution in [2.75, 3.05) is 0 Å². The minimum Gasteiger partial charge on any atom is -0.484 e. The second-order valence-electron chi connectivity index (χ2n) is 3.23. The number of halogens is 1. The van der Waals surface area contributed by atoms with Crippen LogP contribution in [0.15, 0.2) is 30.7 Å². The van der Waals surface area contributed by atoms with Crippen LogP contribution in [0.5, 0.6) is 5.75 Å². The van der Waals surface area contributed by atoms with Gasteiger partial charge in [-0.3, -0.25) is 0 Å². The van der Waals surface area contributed by atoms with Gasteiger partial charge in [-0.1, -0.05) is 11.6 Å². The van der Waals surface area contributed by atoms with E-state index >= 15 is 0 Å². The van der Waals surface area contributed by atoms with Crippen molar-refractivity contribution in [3.05, 3.63) is 41.7 Å². The van der Waals surface area contributed by atoms with Gasteiger partial charge < -0.3 is 9.30 Å². The van der Waals surface area contributed by atoms with Crippen LogP contribution in [0.3, 0.4) is 0 Å². The number of pyridine rings is 1. The van der Waals surface area contributed by atoms with Crippen molar-refractivity contribution < 1.29 is 4.74 Å². The van der Waals surface area contributed by atoms with Gasteiger partial charge in [0.15, 0.2) is 0 Å². The molecule has 0 aliphatic carbocycles. The van der Waals surface area contributed by atoms with Crippen molar-refractivity contribution in [1.82, 2.24) is 14.5 Å². The maximum Gasteiger partial charge on any atom is 0.146 e. The normalized spacial score (nSPS) is 10.4. The van der Waals surface area contributed by atoms with E-state index in [4.69, 9.17) is 16.3 Å². The first-order valence-corrected chi connectivity index (χ1v) is 5.41. The van der Waals surface area contributed by atoms with Crippen molar-refractivity contribution in [3.8, 4) is 5.75 Å². The summed E-state index contributed by atoms with van der Waals surface area (Å²) >= 11 is 5.68. The number of rotatable bonds is 4. The summed E-state index contributed by atoms with van der Waals surface area (Å²) in [6.45, 7) is 3.39. The van der Waals surface area contributed by atoms with Crippen LogP contribution in [0.1, 0.15) is 12.7 Å². The predicted molar refractivity (Wildman–Crippen MR) is 61.5 cm³/mol. The molecule has 2 aromatic heterocycles. The number of nitrogens with zero attached hydrogens (tertiary/aromatic N) is 3. The lowest BCUT2D eigenvalue weighted by atomic mass is 10.4. The van der Waals surface area contributed by atoms with Gasteiger partial charge in [0.2, 0.25) is 0 Å². The van der Waals surface area contributed by atoms with Crippen LogP contribution in [-0.4, -0.2) is 14.5 Å². The third kappa shape index (κ3) is 2.52. The Labute approximate surface area is 98.9 Å². The van der Waals surface area contributed by atoms with E-state index in [0.29, 0.717) is 17.5 Å². The summed E-state index contributed by atoms with van der Waals surface area (Å²) < 4.78 is 7.57. The van der Waals surface area contributed by atoms with Crippen LogP contribution in [0.25, 0.3) is 0 Å². The van der Waals surface area contributed by atoms with Crippen molar-refractivity contribution in [3.63, 3.8) is 0 Å². The molecule has 2 rings (SSSR count). The molecule has 16 heavy (non-hydrogen) atoms. The molecule has 2 aromatic rings. The van der Waals surface area contributed by atoms with Gasteiger partial charge in [-0.2, -0.15) is 0 Å². The third-order valence-corrected chi connectivity index (χ3v) is 2.43. The lowest BCUT2D eigenvalue weighted by Crippen LogP contribution is -2.05. The summed E-state index contributed by atoms with van der Waals surface area (Å²) in [5, 5.41) is 0.461. The molecule has 0 amide bonds. The Morgan fingerprint density at radius 3 is 2.94 bits per heavy atom. The summed E-state index contributed by atoms with van der Waals surface area (Å²) in [7, 11) is 0. The Hall–Kier alpha value is -1.55. The average Bonchev–Trinajstić information content (AvgIpc) is 2.76. The van der Waals surface area contributed by atoms with Crippen LogP contribution in [-0.2, 0) is 13.2 Å². The average molecular weight is 238 g/mol. The molecule has 0 bridgehead atoms. The quantitative estimate of drug-likeness (QED) is 0.768. The van der Waals surface area contributed by atoms with E-state index in [0.717, 1.165) is 12.4 Å². The highest BCUT2D eigenvalue weighted by Gasteiger charge is 2.02. The monoisotopic (exact) mass is 237 g/mol. The number of hydrogen-bond acceptors (Lipinski definition) is 3. The van der Waals surface area contributed by atoms with Crippen molar-refractivity contribution in [2.24, 2.45) is 0 Å². The fraction of sp³-hybridized carbons (Fsp3) is 0.273. The molecule has 84 valence electrons. The SMILES string of the molecule is CCn1ccnc1COc1ccc(Cl)nc1. The van der Waals surface area contributed by atoms with Gasteiger partial charge >= 0.3 is 0 Å². The Balaban J connectivity index is 1.99. The smallest absolute Gasteiger partial charge is 0.146 e. The Kier molecular flexibility index (Phi) is 3.41. The zero-order valence-electron chi connectivity index (χ0n) is 8.93. The largest absolute Gasteiger partial charge is 0.484 e. The molecule has 0 aromatic carbocycles. The summed E-state index contributed by atoms with van der Waals surface area (Å²) in [6, 6.07) is 3.48. The molecule has 0 atom stereocenters. The first-order valence-electron chi connectivity index (χ1n) is 5.04. The minimum atomic E-state index is 0.435. The van der Waals surface area contributed by atoms with Gasteiger partial charge in [0.25, 0.3) is 0 Å². The molecular formula is C11H12ClN3O. The van der Waals surface area contributed by atoms with E-state index in [1.807, 2.05) is 10.8 Å². The molecule has 0 aliphatic heterocycles. The fourth-order valence-corrected chi connectivity index (χ4v) is 1.48. The highest BCUT2D eigenvalue weighted by molar-refractivity contribution is 6.29. The predicted octanol–water partition coefficient (Wildman–Crippen LogP) is 2.53. The first kappa shape index (κ1) is 11.0. The lowest BCUT2D eigenvalue weighted by Gasteiger charge is -2.07. The van der Waals surface area contributed by atoms with Gasteiger partial charge in [-0.25, -0.2) is 9.97 Å². The zero-order chi connectivity index (χ0) is 11.4. The molecule has 0 fully saturated rings. The van der Waals surface area contributed by atoms with E-state index in [-0.39, 0.29) is 0 Å². The number of ether oxygens (including phenoxy) is 1. The highest BCUT2D eigenvalue weighted by Crippen LogP contribution is 2.13. The molecule has 0 aliphatic rings. The van der Waals surface area contributed by atoms with Gasteiger partial charge in [-0.05, 0) is 19.1 Å². The summed E-state index contributed by atoms with van der Waals surface area (Å²) in [5.41, 5.74) is 0. The van der Waals surface area contributed by atoms with Crippen LogP contribution in [0, 0.1) is 0 Å². The molecule has 0 radical (unpaired) electrons. The van der Waals surface area contributed by atoms with E-state index in [2.05, 4.69) is 16.9 Å². The Morgan fingerprint density at radius 1 is 1.38 bits per heavy atom.